The van der Waals surface area contributed by atoms with Gasteiger partial charge in [0.25, 0.3) is 5.91 Å². The SMILES string of the molecule is CC(O)CCNC(=O)COc1ccccc1C(C)C. The maximum atomic E-state index is 11.6. The van der Waals surface area contributed by atoms with Gasteiger partial charge in [0, 0.05) is 6.54 Å². The summed E-state index contributed by atoms with van der Waals surface area (Å²) in [5, 5.41) is 11.8. The summed E-state index contributed by atoms with van der Waals surface area (Å²) in [4.78, 5) is 11.6. The zero-order valence-electron chi connectivity index (χ0n) is 11.8. The molecule has 4 nitrogen and oxygen atoms in total. The van der Waals surface area contributed by atoms with E-state index >= 15 is 0 Å². The normalized spacial score (nSPS) is 12.3. The number of hydrogen-bond donors (Lipinski definition) is 2. The highest BCUT2D eigenvalue weighted by Gasteiger charge is 2.09. The molecule has 19 heavy (non-hydrogen) atoms. The van der Waals surface area contributed by atoms with Gasteiger partial charge in [0.2, 0.25) is 0 Å². The molecule has 0 aliphatic rings. The summed E-state index contributed by atoms with van der Waals surface area (Å²) in [6, 6.07) is 7.74. The standard InChI is InChI=1S/C15H23NO3/c1-11(2)13-6-4-5-7-14(13)19-10-15(18)16-9-8-12(3)17/h4-7,11-12,17H,8-10H2,1-3H3,(H,16,18). The number of para-hydroxylation sites is 1. The van der Waals surface area contributed by atoms with E-state index in [9.17, 15) is 4.79 Å². The van der Waals surface area contributed by atoms with Crippen molar-refractivity contribution < 1.29 is 14.6 Å². The van der Waals surface area contributed by atoms with Crippen molar-refractivity contribution in [2.45, 2.75) is 39.2 Å². The summed E-state index contributed by atoms with van der Waals surface area (Å²) in [6.45, 7) is 6.34. The van der Waals surface area contributed by atoms with Gasteiger partial charge in [-0.2, -0.15) is 0 Å². The van der Waals surface area contributed by atoms with E-state index in [2.05, 4.69) is 19.2 Å². The van der Waals surface area contributed by atoms with Gasteiger partial charge in [-0.25, -0.2) is 0 Å². The Morgan fingerprint density at radius 1 is 1.32 bits per heavy atom. The van der Waals surface area contributed by atoms with Crippen molar-refractivity contribution in [2.24, 2.45) is 0 Å². The van der Waals surface area contributed by atoms with Crippen molar-refractivity contribution in [3.05, 3.63) is 29.8 Å². The average Bonchev–Trinajstić information content (AvgIpc) is 2.36. The summed E-state index contributed by atoms with van der Waals surface area (Å²) >= 11 is 0. The lowest BCUT2D eigenvalue weighted by molar-refractivity contribution is -0.123. The lowest BCUT2D eigenvalue weighted by Crippen LogP contribution is -2.31. The molecule has 1 amide bonds. The van der Waals surface area contributed by atoms with Crippen LogP contribution in [0.5, 0.6) is 5.75 Å². The van der Waals surface area contributed by atoms with Gasteiger partial charge in [0.05, 0.1) is 6.10 Å². The quantitative estimate of drug-likeness (QED) is 0.793. The number of carbonyl (C=O) groups excluding carboxylic acids is 1. The molecule has 1 unspecified atom stereocenters. The minimum atomic E-state index is -0.400. The first-order chi connectivity index (χ1) is 9.00. The largest absolute Gasteiger partial charge is 0.483 e. The predicted octanol–water partition coefficient (Wildman–Crippen LogP) is 2.08. The lowest BCUT2D eigenvalue weighted by Gasteiger charge is -2.13. The van der Waals surface area contributed by atoms with Crippen LogP contribution in [0.1, 0.15) is 38.7 Å². The smallest absolute Gasteiger partial charge is 0.257 e. The first kappa shape index (κ1) is 15.5. The zero-order valence-corrected chi connectivity index (χ0v) is 11.8. The summed E-state index contributed by atoms with van der Waals surface area (Å²) in [7, 11) is 0. The highest BCUT2D eigenvalue weighted by molar-refractivity contribution is 5.77. The van der Waals surface area contributed by atoms with E-state index in [4.69, 9.17) is 9.84 Å². The van der Waals surface area contributed by atoms with Gasteiger partial charge in [-0.15, -0.1) is 0 Å². The lowest BCUT2D eigenvalue weighted by atomic mass is 10.0. The van der Waals surface area contributed by atoms with Crippen molar-refractivity contribution in [3.8, 4) is 5.75 Å². The molecule has 0 spiro atoms. The van der Waals surface area contributed by atoms with E-state index in [0.29, 0.717) is 18.9 Å². The van der Waals surface area contributed by atoms with Crippen LogP contribution in [-0.2, 0) is 4.79 Å². The molecule has 0 heterocycles. The third-order valence-corrected chi connectivity index (χ3v) is 2.78. The number of rotatable bonds is 7. The second-order valence-electron chi connectivity index (χ2n) is 4.97. The third-order valence-electron chi connectivity index (χ3n) is 2.78. The van der Waals surface area contributed by atoms with E-state index in [0.717, 1.165) is 11.3 Å². The fourth-order valence-corrected chi connectivity index (χ4v) is 1.70. The Hall–Kier alpha value is -1.55. The molecule has 0 saturated carbocycles. The number of amides is 1. The number of ether oxygens (including phenoxy) is 1. The molecular formula is C15H23NO3. The summed E-state index contributed by atoms with van der Waals surface area (Å²) in [6.07, 6.45) is 0.150. The number of aliphatic hydroxyl groups is 1. The fourth-order valence-electron chi connectivity index (χ4n) is 1.70. The summed E-state index contributed by atoms with van der Waals surface area (Å²) in [5.74, 6) is 0.942. The van der Waals surface area contributed by atoms with Gasteiger partial charge >= 0.3 is 0 Å². The maximum absolute atomic E-state index is 11.6. The molecule has 1 rings (SSSR count). The Morgan fingerprint density at radius 2 is 2.00 bits per heavy atom. The second-order valence-corrected chi connectivity index (χ2v) is 4.97. The molecule has 4 heteroatoms. The Bertz CT molecular complexity index is 402. The van der Waals surface area contributed by atoms with E-state index < -0.39 is 6.10 Å². The monoisotopic (exact) mass is 265 g/mol. The number of benzene rings is 1. The molecule has 1 aromatic carbocycles. The van der Waals surface area contributed by atoms with Gasteiger partial charge in [-0.3, -0.25) is 4.79 Å². The van der Waals surface area contributed by atoms with Gasteiger partial charge in [0.1, 0.15) is 5.75 Å². The molecule has 0 radical (unpaired) electrons. The van der Waals surface area contributed by atoms with E-state index in [1.807, 2.05) is 24.3 Å². The fraction of sp³-hybridized carbons (Fsp3) is 0.533. The molecule has 0 aliphatic heterocycles. The minimum Gasteiger partial charge on any atom is -0.483 e. The Labute approximate surface area is 114 Å². The summed E-state index contributed by atoms with van der Waals surface area (Å²) in [5.41, 5.74) is 1.10. The number of aliphatic hydroxyl groups excluding tert-OH is 1. The van der Waals surface area contributed by atoms with Crippen molar-refractivity contribution in [2.75, 3.05) is 13.2 Å². The van der Waals surface area contributed by atoms with Crippen LogP contribution in [0.4, 0.5) is 0 Å². The van der Waals surface area contributed by atoms with Crippen LogP contribution < -0.4 is 10.1 Å². The first-order valence-electron chi connectivity index (χ1n) is 6.67. The third kappa shape index (κ3) is 5.75. The van der Waals surface area contributed by atoms with Gasteiger partial charge in [0.15, 0.2) is 6.61 Å². The highest BCUT2D eigenvalue weighted by atomic mass is 16.5. The van der Waals surface area contributed by atoms with Crippen molar-refractivity contribution in [1.29, 1.82) is 0 Å². The van der Waals surface area contributed by atoms with Crippen LogP contribution in [0.25, 0.3) is 0 Å². The molecule has 0 saturated heterocycles. The molecule has 1 atom stereocenters. The molecule has 2 N–H and O–H groups in total. The molecule has 1 aromatic rings. The molecule has 0 aliphatic carbocycles. The second kappa shape index (κ2) is 7.79. The van der Waals surface area contributed by atoms with Crippen LogP contribution in [0.2, 0.25) is 0 Å². The molecule has 106 valence electrons. The number of nitrogens with one attached hydrogen (secondary N) is 1. The van der Waals surface area contributed by atoms with E-state index in [-0.39, 0.29) is 12.5 Å². The average molecular weight is 265 g/mol. The van der Waals surface area contributed by atoms with Crippen molar-refractivity contribution in [1.82, 2.24) is 5.32 Å². The van der Waals surface area contributed by atoms with Crippen LogP contribution in [0.15, 0.2) is 24.3 Å². The Balaban J connectivity index is 2.42. The van der Waals surface area contributed by atoms with Crippen LogP contribution in [0, 0.1) is 0 Å². The maximum Gasteiger partial charge on any atom is 0.257 e. The van der Waals surface area contributed by atoms with E-state index in [1.54, 1.807) is 6.92 Å². The predicted molar refractivity (Wildman–Crippen MR) is 75.3 cm³/mol. The topological polar surface area (TPSA) is 58.6 Å². The van der Waals surface area contributed by atoms with Gasteiger partial charge in [-0.05, 0) is 30.9 Å². The Morgan fingerprint density at radius 3 is 2.63 bits per heavy atom. The molecule has 0 fully saturated rings. The van der Waals surface area contributed by atoms with Crippen molar-refractivity contribution >= 4 is 5.91 Å². The van der Waals surface area contributed by atoms with Crippen LogP contribution in [0.3, 0.4) is 0 Å². The molecule has 0 bridgehead atoms. The van der Waals surface area contributed by atoms with E-state index in [1.165, 1.54) is 0 Å². The minimum absolute atomic E-state index is 0.00351. The highest BCUT2D eigenvalue weighted by Crippen LogP contribution is 2.25. The first-order valence-corrected chi connectivity index (χ1v) is 6.67. The summed E-state index contributed by atoms with van der Waals surface area (Å²) < 4.78 is 5.54. The molecule has 0 aromatic heterocycles. The van der Waals surface area contributed by atoms with Gasteiger partial charge in [-0.1, -0.05) is 32.0 Å². The zero-order chi connectivity index (χ0) is 14.3. The Kier molecular flexibility index (Phi) is 6.36. The molecular weight excluding hydrogens is 242 g/mol. The van der Waals surface area contributed by atoms with Crippen LogP contribution in [-0.4, -0.2) is 30.3 Å². The van der Waals surface area contributed by atoms with Crippen molar-refractivity contribution in [3.63, 3.8) is 0 Å². The van der Waals surface area contributed by atoms with Gasteiger partial charge < -0.3 is 15.2 Å². The number of hydrogen-bond acceptors (Lipinski definition) is 3. The van der Waals surface area contributed by atoms with Crippen LogP contribution >= 0.6 is 0 Å². The number of carbonyl (C=O) groups is 1.